The SMILES string of the molecule is C=CC(=O)NC1(C2CCN(C(=O)Cc3nsc4ccccc34)CC2)CC1. The molecule has 0 radical (unpaired) electrons. The second kappa shape index (κ2) is 6.83. The maximum absolute atomic E-state index is 12.7. The van der Waals surface area contributed by atoms with Crippen molar-refractivity contribution in [1.82, 2.24) is 14.6 Å². The molecule has 0 bridgehead atoms. The van der Waals surface area contributed by atoms with Crippen molar-refractivity contribution in [1.29, 1.82) is 0 Å². The first kappa shape index (κ1) is 17.2. The van der Waals surface area contributed by atoms with Crippen molar-refractivity contribution in [3.05, 3.63) is 42.6 Å². The number of hydrogen-bond donors (Lipinski definition) is 1. The molecule has 6 heteroatoms. The molecule has 2 heterocycles. The van der Waals surface area contributed by atoms with Crippen molar-refractivity contribution < 1.29 is 9.59 Å². The van der Waals surface area contributed by atoms with Crippen molar-refractivity contribution in [3.63, 3.8) is 0 Å². The van der Waals surface area contributed by atoms with E-state index in [0.717, 1.165) is 54.6 Å². The van der Waals surface area contributed by atoms with Crippen LogP contribution < -0.4 is 5.32 Å². The predicted octanol–water partition coefficient (Wildman–Crippen LogP) is 2.91. The molecule has 1 aromatic carbocycles. The molecule has 0 spiro atoms. The van der Waals surface area contributed by atoms with Crippen LogP contribution in [-0.4, -0.2) is 39.7 Å². The highest BCUT2D eigenvalue weighted by Gasteiger charge is 2.50. The number of carbonyl (C=O) groups excluding carboxylic acids is 2. The lowest BCUT2D eigenvalue weighted by molar-refractivity contribution is -0.132. The van der Waals surface area contributed by atoms with E-state index < -0.39 is 0 Å². The van der Waals surface area contributed by atoms with E-state index in [4.69, 9.17) is 0 Å². The first-order chi connectivity index (χ1) is 12.6. The minimum Gasteiger partial charge on any atom is -0.347 e. The molecule has 2 aliphatic rings. The molecular formula is C20H23N3O2S. The fraction of sp³-hybridized carbons (Fsp3) is 0.450. The summed E-state index contributed by atoms with van der Waals surface area (Å²) in [5.74, 6) is 0.520. The van der Waals surface area contributed by atoms with Gasteiger partial charge in [-0.25, -0.2) is 0 Å². The Morgan fingerprint density at radius 2 is 2.04 bits per heavy atom. The highest BCUT2D eigenvalue weighted by molar-refractivity contribution is 7.13. The molecule has 1 aliphatic heterocycles. The van der Waals surface area contributed by atoms with Crippen molar-refractivity contribution in [3.8, 4) is 0 Å². The molecule has 26 heavy (non-hydrogen) atoms. The molecule has 5 nitrogen and oxygen atoms in total. The summed E-state index contributed by atoms with van der Waals surface area (Å²) in [6, 6.07) is 8.06. The maximum Gasteiger partial charge on any atom is 0.243 e. The smallest absolute Gasteiger partial charge is 0.243 e. The van der Waals surface area contributed by atoms with Crippen molar-refractivity contribution >= 4 is 33.4 Å². The van der Waals surface area contributed by atoms with E-state index in [1.54, 1.807) is 0 Å². The second-order valence-electron chi connectivity index (χ2n) is 7.31. The number of benzene rings is 1. The molecule has 1 aromatic heterocycles. The average molecular weight is 369 g/mol. The zero-order valence-corrected chi connectivity index (χ0v) is 15.6. The number of rotatable bonds is 5. The van der Waals surface area contributed by atoms with Gasteiger partial charge in [-0.05, 0) is 55.3 Å². The molecule has 0 atom stereocenters. The number of carbonyl (C=O) groups is 2. The van der Waals surface area contributed by atoms with Gasteiger partial charge in [0.2, 0.25) is 11.8 Å². The Kier molecular flexibility index (Phi) is 4.53. The molecule has 136 valence electrons. The monoisotopic (exact) mass is 369 g/mol. The second-order valence-corrected chi connectivity index (χ2v) is 8.11. The summed E-state index contributed by atoms with van der Waals surface area (Å²) < 4.78 is 5.60. The van der Waals surface area contributed by atoms with Crippen LogP contribution in [0.5, 0.6) is 0 Å². The number of amides is 2. The van der Waals surface area contributed by atoms with Gasteiger partial charge in [-0.1, -0.05) is 24.8 Å². The summed E-state index contributed by atoms with van der Waals surface area (Å²) in [7, 11) is 0. The largest absolute Gasteiger partial charge is 0.347 e. The third-order valence-corrected chi connectivity index (χ3v) is 6.61. The highest BCUT2D eigenvalue weighted by atomic mass is 32.1. The van der Waals surface area contributed by atoms with Gasteiger partial charge in [0, 0.05) is 24.0 Å². The van der Waals surface area contributed by atoms with Gasteiger partial charge in [0.15, 0.2) is 0 Å². The highest BCUT2D eigenvalue weighted by Crippen LogP contribution is 2.46. The normalized spacial score (nSPS) is 19.3. The third-order valence-electron chi connectivity index (χ3n) is 5.75. The zero-order chi connectivity index (χ0) is 18.1. The number of fused-ring (bicyclic) bond motifs is 1. The van der Waals surface area contributed by atoms with E-state index in [9.17, 15) is 9.59 Å². The van der Waals surface area contributed by atoms with Crippen LogP contribution in [0, 0.1) is 5.92 Å². The number of hydrogen-bond acceptors (Lipinski definition) is 4. The molecule has 2 aromatic rings. The minimum absolute atomic E-state index is 0.0501. The van der Waals surface area contributed by atoms with Crippen molar-refractivity contribution in [2.75, 3.05) is 13.1 Å². The Bertz CT molecular complexity index is 848. The van der Waals surface area contributed by atoms with Gasteiger partial charge < -0.3 is 10.2 Å². The molecule has 1 aliphatic carbocycles. The van der Waals surface area contributed by atoms with E-state index in [-0.39, 0.29) is 17.4 Å². The Morgan fingerprint density at radius 3 is 2.73 bits per heavy atom. The van der Waals surface area contributed by atoms with E-state index in [1.165, 1.54) is 17.6 Å². The Labute approximate surface area is 157 Å². The summed E-state index contributed by atoms with van der Waals surface area (Å²) >= 11 is 1.45. The maximum atomic E-state index is 12.7. The first-order valence-electron chi connectivity index (χ1n) is 9.17. The van der Waals surface area contributed by atoms with Gasteiger partial charge in [0.1, 0.15) is 0 Å². The van der Waals surface area contributed by atoms with Crippen LogP contribution in [0.2, 0.25) is 0 Å². The number of aromatic nitrogens is 1. The van der Waals surface area contributed by atoms with Crippen LogP contribution in [0.1, 0.15) is 31.4 Å². The molecule has 1 N–H and O–H groups in total. The lowest BCUT2D eigenvalue weighted by Gasteiger charge is -2.36. The summed E-state index contributed by atoms with van der Waals surface area (Å²) in [4.78, 5) is 26.3. The predicted molar refractivity (Wildman–Crippen MR) is 103 cm³/mol. The minimum atomic E-state index is -0.0867. The molecule has 2 fully saturated rings. The van der Waals surface area contributed by atoms with Crippen molar-refractivity contribution in [2.24, 2.45) is 5.92 Å². The first-order valence-corrected chi connectivity index (χ1v) is 9.94. The van der Waals surface area contributed by atoms with Crippen LogP contribution in [0.4, 0.5) is 0 Å². The number of nitrogens with one attached hydrogen (secondary N) is 1. The van der Waals surface area contributed by atoms with E-state index >= 15 is 0 Å². The standard InChI is InChI=1S/C20H23N3O2S/c1-2-18(24)21-20(9-10-20)14-7-11-23(12-8-14)19(25)13-16-15-5-3-4-6-17(15)26-22-16/h2-6,14H,1,7-13H2,(H,21,24). The number of nitrogens with zero attached hydrogens (tertiary/aromatic N) is 2. The van der Waals surface area contributed by atoms with Crippen LogP contribution >= 0.6 is 11.5 Å². The van der Waals surface area contributed by atoms with Crippen LogP contribution in [-0.2, 0) is 16.0 Å². The van der Waals surface area contributed by atoms with Crippen molar-refractivity contribution in [2.45, 2.75) is 37.6 Å². The zero-order valence-electron chi connectivity index (χ0n) is 14.7. The summed E-state index contributed by atoms with van der Waals surface area (Å²) in [5.41, 5.74) is 0.834. The van der Waals surface area contributed by atoms with Gasteiger partial charge in [-0.3, -0.25) is 9.59 Å². The molecule has 2 amide bonds. The lowest BCUT2D eigenvalue weighted by Crippen LogP contribution is -2.48. The molecule has 1 saturated carbocycles. The summed E-state index contributed by atoms with van der Waals surface area (Å²) in [6.45, 7) is 5.06. The topological polar surface area (TPSA) is 62.3 Å². The molecular weight excluding hydrogens is 346 g/mol. The van der Waals surface area contributed by atoms with Crippen LogP contribution in [0.3, 0.4) is 0 Å². The Hall–Kier alpha value is -2.21. The van der Waals surface area contributed by atoms with Gasteiger partial charge in [-0.2, -0.15) is 4.37 Å². The summed E-state index contributed by atoms with van der Waals surface area (Å²) in [6.07, 6.45) is 5.68. The van der Waals surface area contributed by atoms with E-state index in [2.05, 4.69) is 16.3 Å². The van der Waals surface area contributed by atoms with Gasteiger partial charge in [0.25, 0.3) is 0 Å². The molecule has 1 saturated heterocycles. The van der Waals surface area contributed by atoms with E-state index in [0.29, 0.717) is 12.3 Å². The van der Waals surface area contributed by atoms with Gasteiger partial charge in [0.05, 0.1) is 16.8 Å². The molecule has 0 unspecified atom stereocenters. The van der Waals surface area contributed by atoms with Gasteiger partial charge in [-0.15, -0.1) is 0 Å². The van der Waals surface area contributed by atoms with Crippen LogP contribution in [0.25, 0.3) is 10.1 Å². The average Bonchev–Trinajstić information content (AvgIpc) is 3.35. The van der Waals surface area contributed by atoms with Gasteiger partial charge >= 0.3 is 0 Å². The summed E-state index contributed by atoms with van der Waals surface area (Å²) in [5, 5.41) is 4.21. The Balaban J connectivity index is 1.35. The fourth-order valence-corrected chi connectivity index (χ4v) is 4.86. The number of piperidine rings is 1. The molecule has 4 rings (SSSR count). The fourth-order valence-electron chi connectivity index (χ4n) is 4.07. The van der Waals surface area contributed by atoms with E-state index in [1.807, 2.05) is 29.2 Å². The lowest BCUT2D eigenvalue weighted by atomic mass is 9.87. The number of likely N-dealkylation sites (tertiary alicyclic amines) is 1. The third kappa shape index (κ3) is 3.26. The quantitative estimate of drug-likeness (QED) is 0.825. The Morgan fingerprint density at radius 1 is 1.31 bits per heavy atom. The van der Waals surface area contributed by atoms with Crippen LogP contribution in [0.15, 0.2) is 36.9 Å².